The molecule has 0 aliphatic carbocycles. The monoisotopic (exact) mass is 291 g/mol. The molecule has 1 aromatic carbocycles. The second-order valence-corrected chi connectivity index (χ2v) is 4.67. The Kier molecular flexibility index (Phi) is 4.58. The Morgan fingerprint density at radius 1 is 1.40 bits per heavy atom. The molecule has 0 saturated carbocycles. The topological polar surface area (TPSA) is 52.3 Å². The molecule has 0 fully saturated rings. The summed E-state index contributed by atoms with van der Waals surface area (Å²) in [5.41, 5.74) is 2.29. The minimum absolute atomic E-state index is 0.146. The van der Waals surface area contributed by atoms with E-state index in [0.717, 1.165) is 16.8 Å². The molecule has 0 atom stereocenters. The summed E-state index contributed by atoms with van der Waals surface area (Å²) in [7, 11) is 0. The maximum atomic E-state index is 11.6. The van der Waals surface area contributed by atoms with Gasteiger partial charge in [-0.05, 0) is 31.6 Å². The smallest absolute Gasteiger partial charge is 0.331 e. The summed E-state index contributed by atoms with van der Waals surface area (Å²) in [6.07, 6.45) is 2.97. The molecule has 4 nitrogen and oxygen atoms in total. The minimum atomic E-state index is -0.440. The quantitative estimate of drug-likeness (QED) is 0.636. The predicted octanol–water partition coefficient (Wildman–Crippen LogP) is 3.70. The van der Waals surface area contributed by atoms with E-state index in [1.54, 1.807) is 26.0 Å². The third-order valence-electron chi connectivity index (χ3n) is 2.84. The Labute approximate surface area is 122 Å². The molecular formula is C15H14ClNO3. The number of benzene rings is 1. The van der Waals surface area contributed by atoms with Crippen LogP contribution in [0, 0.1) is 13.8 Å². The summed E-state index contributed by atoms with van der Waals surface area (Å²) >= 11 is 5.98. The molecule has 0 spiro atoms. The fourth-order valence-corrected chi connectivity index (χ4v) is 1.87. The highest BCUT2D eigenvalue weighted by atomic mass is 35.5. The standard InChI is InChI=1S/C15H14ClNO3/c1-10-13(11(2)20-17-10)9-19-15(18)8-7-12-5-3-4-6-14(12)16/h3-8H,9H2,1-2H3. The number of halogens is 1. The van der Waals surface area contributed by atoms with Crippen LogP contribution in [0.25, 0.3) is 6.08 Å². The Morgan fingerprint density at radius 2 is 2.15 bits per heavy atom. The first kappa shape index (κ1) is 14.3. The van der Waals surface area contributed by atoms with E-state index in [9.17, 15) is 4.79 Å². The zero-order valence-electron chi connectivity index (χ0n) is 11.2. The van der Waals surface area contributed by atoms with E-state index < -0.39 is 5.97 Å². The van der Waals surface area contributed by atoms with Crippen molar-refractivity contribution in [2.24, 2.45) is 0 Å². The van der Waals surface area contributed by atoms with Crippen molar-refractivity contribution in [3.8, 4) is 0 Å². The molecular weight excluding hydrogens is 278 g/mol. The fourth-order valence-electron chi connectivity index (χ4n) is 1.67. The molecule has 0 bridgehead atoms. The molecule has 0 unspecified atom stereocenters. The van der Waals surface area contributed by atoms with E-state index in [0.29, 0.717) is 10.8 Å². The number of hydrogen-bond donors (Lipinski definition) is 0. The lowest BCUT2D eigenvalue weighted by Gasteiger charge is -2.01. The van der Waals surface area contributed by atoms with Gasteiger partial charge in [0.15, 0.2) is 0 Å². The number of carbonyl (C=O) groups excluding carboxylic acids is 1. The average Bonchev–Trinajstić information content (AvgIpc) is 2.75. The van der Waals surface area contributed by atoms with Gasteiger partial charge in [-0.15, -0.1) is 0 Å². The first-order valence-electron chi connectivity index (χ1n) is 6.09. The van der Waals surface area contributed by atoms with Crippen molar-refractivity contribution in [2.45, 2.75) is 20.5 Å². The largest absolute Gasteiger partial charge is 0.457 e. The zero-order chi connectivity index (χ0) is 14.5. The van der Waals surface area contributed by atoms with Crippen molar-refractivity contribution in [1.29, 1.82) is 0 Å². The lowest BCUT2D eigenvalue weighted by atomic mass is 10.2. The molecule has 0 radical (unpaired) electrons. The molecule has 1 aromatic heterocycles. The molecule has 5 heteroatoms. The van der Waals surface area contributed by atoms with Crippen LogP contribution in [0.3, 0.4) is 0 Å². The first-order valence-corrected chi connectivity index (χ1v) is 6.47. The van der Waals surface area contributed by atoms with Crippen LogP contribution < -0.4 is 0 Å². The summed E-state index contributed by atoms with van der Waals surface area (Å²) in [5.74, 6) is 0.218. The van der Waals surface area contributed by atoms with Crippen molar-refractivity contribution in [2.75, 3.05) is 0 Å². The Morgan fingerprint density at radius 3 is 2.80 bits per heavy atom. The maximum absolute atomic E-state index is 11.6. The summed E-state index contributed by atoms with van der Waals surface area (Å²) < 4.78 is 10.1. The number of hydrogen-bond acceptors (Lipinski definition) is 4. The van der Waals surface area contributed by atoms with E-state index in [4.69, 9.17) is 20.9 Å². The molecule has 0 aliphatic heterocycles. The predicted molar refractivity (Wildman–Crippen MR) is 76.3 cm³/mol. The summed E-state index contributed by atoms with van der Waals surface area (Å²) in [6.45, 7) is 3.73. The molecule has 0 aliphatic rings. The molecule has 104 valence electrons. The van der Waals surface area contributed by atoms with Gasteiger partial charge in [-0.3, -0.25) is 0 Å². The van der Waals surface area contributed by atoms with Gasteiger partial charge in [-0.25, -0.2) is 4.79 Å². The first-order chi connectivity index (χ1) is 9.58. The number of nitrogens with zero attached hydrogens (tertiary/aromatic N) is 1. The van der Waals surface area contributed by atoms with Gasteiger partial charge < -0.3 is 9.26 Å². The number of aromatic nitrogens is 1. The van der Waals surface area contributed by atoms with Gasteiger partial charge >= 0.3 is 5.97 Å². The average molecular weight is 292 g/mol. The van der Waals surface area contributed by atoms with Gasteiger partial charge in [-0.1, -0.05) is 35.0 Å². The van der Waals surface area contributed by atoms with Crippen LogP contribution in [-0.4, -0.2) is 11.1 Å². The van der Waals surface area contributed by atoms with E-state index in [2.05, 4.69) is 5.16 Å². The Balaban J connectivity index is 1.95. The maximum Gasteiger partial charge on any atom is 0.331 e. The van der Waals surface area contributed by atoms with E-state index in [1.165, 1.54) is 6.08 Å². The summed E-state index contributed by atoms with van der Waals surface area (Å²) in [6, 6.07) is 7.26. The van der Waals surface area contributed by atoms with Crippen LogP contribution in [0.4, 0.5) is 0 Å². The molecule has 2 rings (SSSR count). The van der Waals surface area contributed by atoms with Gasteiger partial charge in [0, 0.05) is 11.1 Å². The third kappa shape index (κ3) is 3.48. The highest BCUT2D eigenvalue weighted by Gasteiger charge is 2.10. The Bertz CT molecular complexity index is 627. The van der Waals surface area contributed by atoms with Gasteiger partial charge in [-0.2, -0.15) is 0 Å². The molecule has 20 heavy (non-hydrogen) atoms. The van der Waals surface area contributed by atoms with E-state index >= 15 is 0 Å². The third-order valence-corrected chi connectivity index (χ3v) is 3.19. The van der Waals surface area contributed by atoms with E-state index in [-0.39, 0.29) is 6.61 Å². The lowest BCUT2D eigenvalue weighted by molar-refractivity contribution is -0.138. The molecule has 0 saturated heterocycles. The van der Waals surface area contributed by atoms with E-state index in [1.807, 2.05) is 18.2 Å². The van der Waals surface area contributed by atoms with Gasteiger partial charge in [0.1, 0.15) is 12.4 Å². The number of ether oxygens (including phenoxy) is 1. The highest BCUT2D eigenvalue weighted by Crippen LogP contribution is 2.17. The lowest BCUT2D eigenvalue weighted by Crippen LogP contribution is -2.02. The number of rotatable bonds is 4. The molecule has 1 heterocycles. The van der Waals surface area contributed by atoms with Crippen molar-refractivity contribution in [1.82, 2.24) is 5.16 Å². The number of aryl methyl sites for hydroxylation is 2. The summed E-state index contributed by atoms with van der Waals surface area (Å²) in [4.78, 5) is 11.6. The van der Waals surface area contributed by atoms with Crippen LogP contribution in [0.2, 0.25) is 5.02 Å². The van der Waals surface area contributed by atoms with Crippen molar-refractivity contribution >= 4 is 23.6 Å². The van der Waals surface area contributed by atoms with Crippen LogP contribution in [0.15, 0.2) is 34.9 Å². The normalized spacial score (nSPS) is 10.9. The van der Waals surface area contributed by atoms with Crippen molar-refractivity contribution in [3.05, 3.63) is 57.9 Å². The highest BCUT2D eigenvalue weighted by molar-refractivity contribution is 6.32. The second kappa shape index (κ2) is 6.39. The van der Waals surface area contributed by atoms with Gasteiger partial charge in [0.05, 0.1) is 11.3 Å². The minimum Gasteiger partial charge on any atom is -0.457 e. The van der Waals surface area contributed by atoms with Crippen LogP contribution in [-0.2, 0) is 16.1 Å². The van der Waals surface area contributed by atoms with Crippen molar-refractivity contribution in [3.63, 3.8) is 0 Å². The number of esters is 1. The Hall–Kier alpha value is -2.07. The van der Waals surface area contributed by atoms with Crippen LogP contribution in [0.1, 0.15) is 22.6 Å². The number of carbonyl (C=O) groups is 1. The second-order valence-electron chi connectivity index (χ2n) is 4.27. The SMILES string of the molecule is Cc1noc(C)c1COC(=O)C=Cc1ccccc1Cl. The van der Waals surface area contributed by atoms with Crippen LogP contribution >= 0.6 is 11.6 Å². The zero-order valence-corrected chi connectivity index (χ0v) is 12.0. The van der Waals surface area contributed by atoms with Gasteiger partial charge in [0.25, 0.3) is 0 Å². The fraction of sp³-hybridized carbons (Fsp3) is 0.200. The summed E-state index contributed by atoms with van der Waals surface area (Å²) in [5, 5.41) is 4.38. The molecule has 0 amide bonds. The van der Waals surface area contributed by atoms with Crippen LogP contribution in [0.5, 0.6) is 0 Å². The molecule has 0 N–H and O–H groups in total. The molecule has 2 aromatic rings. The van der Waals surface area contributed by atoms with Crippen molar-refractivity contribution < 1.29 is 14.1 Å². The van der Waals surface area contributed by atoms with Gasteiger partial charge in [0.2, 0.25) is 0 Å².